The largest absolute Gasteiger partial charge is 0.329 e. The number of carbonyl (C=O) groups is 1. The van der Waals surface area contributed by atoms with E-state index in [2.05, 4.69) is 95.7 Å². The highest BCUT2D eigenvalue weighted by Gasteiger charge is 2.17. The highest BCUT2D eigenvalue weighted by atomic mass is 127. The van der Waals surface area contributed by atoms with Crippen LogP contribution >= 0.6 is 90.4 Å². The first-order valence-corrected chi connectivity index (χ1v) is 8.93. The van der Waals surface area contributed by atoms with Crippen LogP contribution in [0.1, 0.15) is 24.2 Å². The van der Waals surface area contributed by atoms with Crippen molar-refractivity contribution in [2.75, 3.05) is 0 Å². The summed E-state index contributed by atoms with van der Waals surface area (Å²) in [6, 6.07) is 2.03. The number of carbonyl (C=O) groups excluding carboxylic acids is 1. The van der Waals surface area contributed by atoms with Crippen molar-refractivity contribution in [3.05, 3.63) is 37.7 Å². The van der Waals surface area contributed by atoms with Crippen molar-refractivity contribution >= 4 is 96.3 Å². The SMILES string of the molecule is CC(C)=CNC(=O)c1c(I)cc(I)c(I)c1I. The molecule has 6 heteroatoms. The van der Waals surface area contributed by atoms with E-state index in [1.807, 2.05) is 19.9 Å². The Kier molecular flexibility index (Phi) is 6.96. The van der Waals surface area contributed by atoms with E-state index in [9.17, 15) is 4.79 Å². The van der Waals surface area contributed by atoms with Gasteiger partial charge in [-0.05, 0) is 110 Å². The highest BCUT2D eigenvalue weighted by Crippen LogP contribution is 2.28. The quantitative estimate of drug-likeness (QED) is 0.273. The lowest BCUT2D eigenvalue weighted by atomic mass is 10.2. The first kappa shape index (κ1) is 16.4. The summed E-state index contributed by atoms with van der Waals surface area (Å²) in [5.74, 6) is -0.0469. The van der Waals surface area contributed by atoms with E-state index in [4.69, 9.17) is 0 Å². The molecule has 0 heterocycles. The molecule has 0 saturated carbocycles. The summed E-state index contributed by atoms with van der Waals surface area (Å²) in [5.41, 5.74) is 1.83. The summed E-state index contributed by atoms with van der Waals surface area (Å²) in [4.78, 5) is 12.1. The topological polar surface area (TPSA) is 29.1 Å². The Labute approximate surface area is 155 Å². The van der Waals surface area contributed by atoms with E-state index in [0.29, 0.717) is 0 Å². The number of benzene rings is 1. The van der Waals surface area contributed by atoms with E-state index < -0.39 is 0 Å². The van der Waals surface area contributed by atoms with Crippen molar-refractivity contribution < 1.29 is 4.79 Å². The summed E-state index contributed by atoms with van der Waals surface area (Å²) in [5, 5.41) is 2.81. The minimum absolute atomic E-state index is 0.0469. The number of halogens is 4. The minimum Gasteiger partial charge on any atom is -0.329 e. The van der Waals surface area contributed by atoms with Gasteiger partial charge in [-0.1, -0.05) is 5.57 Å². The first-order chi connectivity index (χ1) is 7.84. The van der Waals surface area contributed by atoms with Crippen LogP contribution in [0.2, 0.25) is 0 Å². The van der Waals surface area contributed by atoms with Gasteiger partial charge in [0.2, 0.25) is 0 Å². The van der Waals surface area contributed by atoms with E-state index in [1.165, 1.54) is 3.57 Å². The van der Waals surface area contributed by atoms with Crippen LogP contribution < -0.4 is 5.32 Å². The van der Waals surface area contributed by atoms with Crippen LogP contribution in [0.15, 0.2) is 17.8 Å². The predicted molar refractivity (Wildman–Crippen MR) is 104 cm³/mol. The molecule has 0 radical (unpaired) electrons. The van der Waals surface area contributed by atoms with Crippen LogP contribution in [0.5, 0.6) is 0 Å². The van der Waals surface area contributed by atoms with Gasteiger partial charge in [0.25, 0.3) is 5.91 Å². The lowest BCUT2D eigenvalue weighted by molar-refractivity contribution is 0.0968. The fourth-order valence-corrected chi connectivity index (χ4v) is 5.34. The zero-order valence-electron chi connectivity index (χ0n) is 9.07. The third-order valence-corrected chi connectivity index (χ3v) is 7.80. The summed E-state index contributed by atoms with van der Waals surface area (Å²) in [6.07, 6.45) is 1.74. The van der Waals surface area contributed by atoms with Crippen molar-refractivity contribution in [1.29, 1.82) is 0 Å². The number of hydrogen-bond acceptors (Lipinski definition) is 1. The second kappa shape index (κ2) is 7.22. The molecule has 1 aromatic rings. The van der Waals surface area contributed by atoms with Gasteiger partial charge in [0.05, 0.1) is 5.56 Å². The Balaban J connectivity index is 3.19. The van der Waals surface area contributed by atoms with Gasteiger partial charge >= 0.3 is 0 Å². The molecule has 1 aromatic carbocycles. The van der Waals surface area contributed by atoms with Gasteiger partial charge in [-0.3, -0.25) is 4.79 Å². The Hall–Kier alpha value is 1.35. The van der Waals surface area contributed by atoms with Crippen LogP contribution in [-0.2, 0) is 0 Å². The van der Waals surface area contributed by atoms with Crippen molar-refractivity contribution in [1.82, 2.24) is 5.32 Å². The second-order valence-electron chi connectivity index (χ2n) is 3.54. The lowest BCUT2D eigenvalue weighted by Crippen LogP contribution is -2.21. The maximum atomic E-state index is 12.1. The fourth-order valence-electron chi connectivity index (χ4n) is 1.06. The smallest absolute Gasteiger partial charge is 0.257 e. The molecule has 0 aromatic heterocycles. The summed E-state index contributed by atoms with van der Waals surface area (Å²) in [7, 11) is 0. The Bertz CT molecular complexity index is 493. The molecular weight excluding hydrogens is 670 g/mol. The van der Waals surface area contributed by atoms with Crippen molar-refractivity contribution in [3.63, 3.8) is 0 Å². The van der Waals surface area contributed by atoms with Gasteiger partial charge in [-0.15, -0.1) is 0 Å². The normalized spacial score (nSPS) is 10.0. The number of hydrogen-bond donors (Lipinski definition) is 1. The second-order valence-corrected chi connectivity index (χ2v) is 8.02. The number of rotatable bonds is 2. The molecule has 0 aliphatic carbocycles. The average Bonchev–Trinajstić information content (AvgIpc) is 2.23. The first-order valence-electron chi connectivity index (χ1n) is 4.61. The lowest BCUT2D eigenvalue weighted by Gasteiger charge is -2.10. The zero-order valence-corrected chi connectivity index (χ0v) is 17.7. The van der Waals surface area contributed by atoms with Gasteiger partial charge in [0, 0.05) is 20.5 Å². The molecule has 17 heavy (non-hydrogen) atoms. The summed E-state index contributed by atoms with van der Waals surface area (Å²) >= 11 is 9.00. The van der Waals surface area contributed by atoms with Crippen LogP contribution in [0.3, 0.4) is 0 Å². The molecule has 0 saturated heterocycles. The van der Waals surface area contributed by atoms with Gasteiger partial charge in [0.1, 0.15) is 0 Å². The Morgan fingerprint density at radius 3 is 2.24 bits per heavy atom. The van der Waals surface area contributed by atoms with Crippen LogP contribution in [0.4, 0.5) is 0 Å². The molecule has 2 nitrogen and oxygen atoms in total. The van der Waals surface area contributed by atoms with E-state index in [1.54, 1.807) is 6.20 Å². The van der Waals surface area contributed by atoms with Gasteiger partial charge in [-0.2, -0.15) is 0 Å². The third kappa shape index (κ3) is 4.44. The van der Waals surface area contributed by atoms with E-state index in [0.717, 1.165) is 21.8 Å². The Morgan fingerprint density at radius 1 is 1.12 bits per heavy atom. The van der Waals surface area contributed by atoms with Crippen molar-refractivity contribution in [3.8, 4) is 0 Å². The summed E-state index contributed by atoms with van der Waals surface area (Å²) in [6.45, 7) is 3.90. The molecule has 0 fully saturated rings. The van der Waals surface area contributed by atoms with E-state index >= 15 is 0 Å². The van der Waals surface area contributed by atoms with Crippen molar-refractivity contribution in [2.24, 2.45) is 0 Å². The monoisotopic (exact) mass is 679 g/mol. The maximum absolute atomic E-state index is 12.1. The molecule has 0 unspecified atom stereocenters. The standard InChI is InChI=1S/C11H9I4NO/c1-5(2)4-16-11(17)8-6(12)3-7(13)9(14)10(8)15/h3-4H,1-2H3,(H,16,17). The van der Waals surface area contributed by atoms with E-state index in [-0.39, 0.29) is 5.91 Å². The third-order valence-electron chi connectivity index (χ3n) is 1.83. The molecule has 1 rings (SSSR count). The van der Waals surface area contributed by atoms with Crippen molar-refractivity contribution in [2.45, 2.75) is 13.8 Å². The molecule has 0 atom stereocenters. The number of allylic oxidation sites excluding steroid dienone is 1. The minimum atomic E-state index is -0.0469. The van der Waals surface area contributed by atoms with Gasteiger partial charge < -0.3 is 5.32 Å². The molecule has 1 N–H and O–H groups in total. The predicted octanol–water partition coefficient (Wildman–Crippen LogP) is 4.76. The molecule has 0 aliphatic heterocycles. The van der Waals surface area contributed by atoms with Crippen LogP contribution in [0.25, 0.3) is 0 Å². The molecule has 1 amide bonds. The van der Waals surface area contributed by atoms with Crippen LogP contribution in [-0.4, -0.2) is 5.91 Å². The summed E-state index contributed by atoms with van der Waals surface area (Å²) < 4.78 is 4.30. The molecular formula is C11H9I4NO. The Morgan fingerprint density at radius 2 is 1.71 bits per heavy atom. The molecule has 0 spiro atoms. The number of amides is 1. The average molecular weight is 679 g/mol. The zero-order chi connectivity index (χ0) is 13.2. The molecule has 0 bridgehead atoms. The van der Waals surface area contributed by atoms with Crippen LogP contribution in [0, 0.1) is 14.3 Å². The molecule has 0 aliphatic rings. The number of nitrogens with one attached hydrogen (secondary N) is 1. The van der Waals surface area contributed by atoms with Gasteiger partial charge in [-0.25, -0.2) is 0 Å². The fraction of sp³-hybridized carbons (Fsp3) is 0.182. The van der Waals surface area contributed by atoms with Gasteiger partial charge in [0.15, 0.2) is 0 Å². The maximum Gasteiger partial charge on any atom is 0.257 e. The molecule has 92 valence electrons. The highest BCUT2D eigenvalue weighted by molar-refractivity contribution is 14.1.